The number of alkyl halides is 2. The summed E-state index contributed by atoms with van der Waals surface area (Å²) in [5, 5.41) is 6.46. The van der Waals surface area contributed by atoms with E-state index >= 15 is 0 Å². The first-order valence-electron chi connectivity index (χ1n) is 8.24. The van der Waals surface area contributed by atoms with Gasteiger partial charge in [-0.1, -0.05) is 18.2 Å². The molecule has 7 heteroatoms. The average molecular weight is 340 g/mol. The fraction of sp³-hybridized carbons (Fsp3) is 0.588. The maximum absolute atomic E-state index is 12.4. The molecule has 0 spiro atoms. The van der Waals surface area contributed by atoms with Crippen molar-refractivity contribution in [2.75, 3.05) is 33.7 Å². The van der Waals surface area contributed by atoms with E-state index in [2.05, 4.69) is 32.3 Å². The lowest BCUT2D eigenvalue weighted by Gasteiger charge is -2.30. The summed E-state index contributed by atoms with van der Waals surface area (Å²) in [4.78, 5) is 6.53. The summed E-state index contributed by atoms with van der Waals surface area (Å²) in [7, 11) is 3.84. The Morgan fingerprint density at radius 1 is 1.38 bits per heavy atom. The zero-order valence-electron chi connectivity index (χ0n) is 14.3. The van der Waals surface area contributed by atoms with E-state index in [-0.39, 0.29) is 5.75 Å². The minimum Gasteiger partial charge on any atom is -0.434 e. The minimum absolute atomic E-state index is 0.185. The van der Waals surface area contributed by atoms with Gasteiger partial charge in [-0.2, -0.15) is 8.78 Å². The molecule has 1 atom stereocenters. The van der Waals surface area contributed by atoms with Gasteiger partial charge < -0.3 is 20.3 Å². The Balaban J connectivity index is 1.83. The molecule has 0 aromatic heterocycles. The fourth-order valence-corrected chi connectivity index (χ4v) is 2.94. The number of hydrogen-bond donors (Lipinski definition) is 2. The van der Waals surface area contributed by atoms with E-state index in [9.17, 15) is 8.78 Å². The summed E-state index contributed by atoms with van der Waals surface area (Å²) < 4.78 is 29.4. The molecular formula is C17H26F2N4O. The molecule has 1 saturated heterocycles. The molecule has 1 unspecified atom stereocenters. The second-order valence-corrected chi connectivity index (χ2v) is 6.06. The number of para-hydroxylation sites is 1. The highest BCUT2D eigenvalue weighted by molar-refractivity contribution is 5.79. The van der Waals surface area contributed by atoms with Crippen LogP contribution in [0.15, 0.2) is 29.3 Å². The van der Waals surface area contributed by atoms with Crippen molar-refractivity contribution in [2.45, 2.75) is 26.0 Å². The fourth-order valence-electron chi connectivity index (χ4n) is 2.94. The Kier molecular flexibility index (Phi) is 7.24. The number of hydrogen-bond acceptors (Lipinski definition) is 3. The van der Waals surface area contributed by atoms with Crippen molar-refractivity contribution in [1.29, 1.82) is 0 Å². The molecule has 0 bridgehead atoms. The van der Waals surface area contributed by atoms with Crippen LogP contribution in [0.4, 0.5) is 8.78 Å². The summed E-state index contributed by atoms with van der Waals surface area (Å²) in [5.41, 5.74) is 0.665. The third-order valence-corrected chi connectivity index (χ3v) is 4.14. The van der Waals surface area contributed by atoms with Gasteiger partial charge in [-0.05, 0) is 38.4 Å². The SMILES string of the molecule is CN=C(NCc1ccccc1OC(F)F)NCC1CCCN(C)C1. The van der Waals surface area contributed by atoms with Crippen LogP contribution < -0.4 is 15.4 Å². The van der Waals surface area contributed by atoms with E-state index in [4.69, 9.17) is 0 Å². The van der Waals surface area contributed by atoms with Crippen LogP contribution in [0.5, 0.6) is 5.75 Å². The zero-order valence-corrected chi connectivity index (χ0v) is 14.3. The highest BCUT2D eigenvalue weighted by Gasteiger charge is 2.17. The van der Waals surface area contributed by atoms with E-state index in [1.54, 1.807) is 25.2 Å². The summed E-state index contributed by atoms with van der Waals surface area (Å²) in [6, 6.07) is 6.77. The molecule has 1 aliphatic rings. The molecule has 134 valence electrons. The van der Waals surface area contributed by atoms with Gasteiger partial charge in [-0.25, -0.2) is 0 Å². The van der Waals surface area contributed by atoms with Crippen molar-refractivity contribution >= 4 is 5.96 Å². The number of piperidine rings is 1. The smallest absolute Gasteiger partial charge is 0.387 e. The predicted octanol–water partition coefficient (Wildman–Crippen LogP) is 2.29. The summed E-state index contributed by atoms with van der Waals surface area (Å²) in [5.74, 6) is 1.44. The van der Waals surface area contributed by atoms with Crippen LogP contribution in [0.2, 0.25) is 0 Å². The Hall–Kier alpha value is -1.89. The number of benzene rings is 1. The Bertz CT molecular complexity index is 539. The van der Waals surface area contributed by atoms with Gasteiger partial charge in [0.2, 0.25) is 0 Å². The van der Waals surface area contributed by atoms with Crippen LogP contribution in [-0.2, 0) is 6.54 Å². The predicted molar refractivity (Wildman–Crippen MR) is 91.5 cm³/mol. The van der Waals surface area contributed by atoms with Crippen molar-refractivity contribution in [2.24, 2.45) is 10.9 Å². The van der Waals surface area contributed by atoms with Crippen molar-refractivity contribution in [1.82, 2.24) is 15.5 Å². The number of nitrogens with one attached hydrogen (secondary N) is 2. The second kappa shape index (κ2) is 9.42. The summed E-state index contributed by atoms with van der Waals surface area (Å²) >= 11 is 0. The quantitative estimate of drug-likeness (QED) is 0.616. The van der Waals surface area contributed by atoms with Gasteiger partial charge in [0.05, 0.1) is 0 Å². The standard InChI is InChI=1S/C17H26F2N4O/c1-20-17(21-10-13-6-5-9-23(2)12-13)22-11-14-7-3-4-8-15(14)24-16(18)19/h3-4,7-8,13,16H,5-6,9-12H2,1-2H3,(H2,20,21,22). The van der Waals surface area contributed by atoms with Crippen molar-refractivity contribution < 1.29 is 13.5 Å². The highest BCUT2D eigenvalue weighted by Crippen LogP contribution is 2.20. The molecule has 1 fully saturated rings. The van der Waals surface area contributed by atoms with E-state index in [0.29, 0.717) is 24.0 Å². The topological polar surface area (TPSA) is 48.9 Å². The largest absolute Gasteiger partial charge is 0.434 e. The van der Waals surface area contributed by atoms with Crippen molar-refractivity contribution in [3.05, 3.63) is 29.8 Å². The van der Waals surface area contributed by atoms with Gasteiger partial charge in [-0.3, -0.25) is 4.99 Å². The normalized spacial score (nSPS) is 19.4. The second-order valence-electron chi connectivity index (χ2n) is 6.06. The molecule has 1 aliphatic heterocycles. The molecular weight excluding hydrogens is 314 g/mol. The summed E-state index contributed by atoms with van der Waals surface area (Å²) in [6.07, 6.45) is 2.42. The van der Waals surface area contributed by atoms with Crippen molar-refractivity contribution in [3.8, 4) is 5.75 Å². The number of ether oxygens (including phenoxy) is 1. The van der Waals surface area contributed by atoms with Gasteiger partial charge in [0.25, 0.3) is 0 Å². The molecule has 2 rings (SSSR count). The molecule has 5 nitrogen and oxygen atoms in total. The zero-order chi connectivity index (χ0) is 17.4. The lowest BCUT2D eigenvalue weighted by atomic mass is 9.99. The molecule has 2 N–H and O–H groups in total. The van der Waals surface area contributed by atoms with Gasteiger partial charge in [0.1, 0.15) is 5.75 Å². The molecule has 0 radical (unpaired) electrons. The molecule has 1 heterocycles. The van der Waals surface area contributed by atoms with Crippen LogP contribution in [0.25, 0.3) is 0 Å². The first kappa shape index (κ1) is 18.4. The molecule has 1 aromatic carbocycles. The third-order valence-electron chi connectivity index (χ3n) is 4.14. The van der Waals surface area contributed by atoms with Gasteiger partial charge in [0, 0.05) is 32.2 Å². The number of aliphatic imine (C=N–C) groups is 1. The van der Waals surface area contributed by atoms with E-state index in [1.165, 1.54) is 18.9 Å². The maximum Gasteiger partial charge on any atom is 0.387 e. The van der Waals surface area contributed by atoms with E-state index < -0.39 is 6.61 Å². The Labute approximate surface area is 142 Å². The Morgan fingerprint density at radius 3 is 2.88 bits per heavy atom. The van der Waals surface area contributed by atoms with E-state index in [1.807, 2.05) is 0 Å². The maximum atomic E-state index is 12.4. The molecule has 0 amide bonds. The number of nitrogens with zero attached hydrogens (tertiary/aromatic N) is 2. The number of halogens is 2. The Morgan fingerprint density at radius 2 is 2.17 bits per heavy atom. The molecule has 0 saturated carbocycles. The highest BCUT2D eigenvalue weighted by atomic mass is 19.3. The first-order chi connectivity index (χ1) is 11.6. The van der Waals surface area contributed by atoms with Crippen LogP contribution in [0.3, 0.4) is 0 Å². The minimum atomic E-state index is -2.83. The average Bonchev–Trinajstić information content (AvgIpc) is 2.56. The lowest BCUT2D eigenvalue weighted by Crippen LogP contribution is -2.43. The molecule has 24 heavy (non-hydrogen) atoms. The van der Waals surface area contributed by atoms with Crippen LogP contribution in [0, 0.1) is 5.92 Å². The van der Waals surface area contributed by atoms with Crippen LogP contribution in [0.1, 0.15) is 18.4 Å². The van der Waals surface area contributed by atoms with Gasteiger partial charge in [-0.15, -0.1) is 0 Å². The van der Waals surface area contributed by atoms with E-state index in [0.717, 1.165) is 19.6 Å². The third kappa shape index (κ3) is 5.96. The number of rotatable bonds is 6. The van der Waals surface area contributed by atoms with Crippen LogP contribution in [-0.4, -0.2) is 51.2 Å². The van der Waals surface area contributed by atoms with Gasteiger partial charge in [0.15, 0.2) is 5.96 Å². The van der Waals surface area contributed by atoms with Crippen LogP contribution >= 0.6 is 0 Å². The first-order valence-corrected chi connectivity index (χ1v) is 8.24. The monoisotopic (exact) mass is 340 g/mol. The number of guanidine groups is 1. The molecule has 0 aliphatic carbocycles. The lowest BCUT2D eigenvalue weighted by molar-refractivity contribution is -0.0504. The number of likely N-dealkylation sites (tertiary alicyclic amines) is 1. The summed E-state index contributed by atoms with van der Waals surface area (Å²) in [6.45, 7) is 0.623. The van der Waals surface area contributed by atoms with Gasteiger partial charge >= 0.3 is 6.61 Å². The van der Waals surface area contributed by atoms with Crippen molar-refractivity contribution in [3.63, 3.8) is 0 Å². The molecule has 1 aromatic rings.